The van der Waals surface area contributed by atoms with E-state index in [-0.39, 0.29) is 5.54 Å². The van der Waals surface area contributed by atoms with Crippen molar-refractivity contribution in [2.24, 2.45) is 0 Å². The average Bonchev–Trinajstić information content (AvgIpc) is 2.92. The van der Waals surface area contributed by atoms with Crippen molar-refractivity contribution in [3.63, 3.8) is 0 Å². The molecular weight excluding hydrogens is 464 g/mol. The van der Waals surface area contributed by atoms with Gasteiger partial charge in [0, 0.05) is 38.3 Å². The Morgan fingerprint density at radius 3 is 1.16 bits per heavy atom. The maximum atomic E-state index is 4.10. The molecule has 0 radical (unpaired) electrons. The van der Waals surface area contributed by atoms with Crippen LogP contribution < -0.4 is 21.3 Å². The first-order chi connectivity index (χ1) is 18.7. The van der Waals surface area contributed by atoms with E-state index in [9.17, 15) is 0 Å². The molecule has 4 N–H and O–H groups in total. The third-order valence-electron chi connectivity index (χ3n) is 8.12. The summed E-state index contributed by atoms with van der Waals surface area (Å²) < 4.78 is 0. The molecular formula is C34H74N4. The second-order valence-electron chi connectivity index (χ2n) is 12.0. The molecule has 0 spiro atoms. The van der Waals surface area contributed by atoms with Crippen molar-refractivity contribution in [3.8, 4) is 0 Å². The smallest absolute Gasteiger partial charge is 0.0306 e. The molecule has 38 heavy (non-hydrogen) atoms. The van der Waals surface area contributed by atoms with Crippen molar-refractivity contribution in [1.29, 1.82) is 0 Å². The molecule has 0 fully saturated rings. The Balaban J connectivity index is 4.59. The van der Waals surface area contributed by atoms with Gasteiger partial charge in [-0.1, -0.05) is 143 Å². The molecule has 0 heterocycles. The normalized spacial score (nSPS) is 12.0. The first-order valence-electron chi connectivity index (χ1n) is 17.6. The van der Waals surface area contributed by atoms with E-state index in [1.165, 1.54) is 141 Å². The first kappa shape index (κ1) is 37.8. The monoisotopic (exact) mass is 539 g/mol. The molecule has 0 bridgehead atoms. The molecule has 4 heteroatoms. The molecule has 230 valence electrons. The highest BCUT2D eigenvalue weighted by atomic mass is 15.1. The lowest BCUT2D eigenvalue weighted by molar-refractivity contribution is 0.251. The third-order valence-corrected chi connectivity index (χ3v) is 8.12. The second kappa shape index (κ2) is 31.4. The van der Waals surface area contributed by atoms with Crippen LogP contribution >= 0.6 is 0 Å². The molecule has 0 saturated heterocycles. The Morgan fingerprint density at radius 1 is 0.342 bits per heavy atom. The largest absolute Gasteiger partial charge is 0.315 e. The highest BCUT2D eigenvalue weighted by Crippen LogP contribution is 2.24. The summed E-state index contributed by atoms with van der Waals surface area (Å²) in [6.07, 6.45) is 30.6. The lowest BCUT2D eigenvalue weighted by Gasteiger charge is -2.36. The predicted octanol–water partition coefficient (Wildman–Crippen LogP) is 8.75. The predicted molar refractivity (Wildman–Crippen MR) is 174 cm³/mol. The summed E-state index contributed by atoms with van der Waals surface area (Å²) in [4.78, 5) is 0. The van der Waals surface area contributed by atoms with Crippen LogP contribution in [0.5, 0.6) is 0 Å². The molecule has 0 aromatic carbocycles. The molecule has 0 saturated carbocycles. The minimum absolute atomic E-state index is 0.263. The van der Waals surface area contributed by atoms with Gasteiger partial charge in [0.2, 0.25) is 0 Å². The van der Waals surface area contributed by atoms with Gasteiger partial charge in [-0.2, -0.15) is 0 Å². The van der Waals surface area contributed by atoms with Crippen LogP contribution in [0.15, 0.2) is 0 Å². The van der Waals surface area contributed by atoms with Crippen molar-refractivity contribution in [2.45, 2.75) is 174 Å². The fourth-order valence-corrected chi connectivity index (χ4v) is 5.61. The molecule has 0 aliphatic heterocycles. The van der Waals surface area contributed by atoms with Gasteiger partial charge in [-0.15, -0.1) is 0 Å². The van der Waals surface area contributed by atoms with Crippen LogP contribution in [0.25, 0.3) is 0 Å². The van der Waals surface area contributed by atoms with E-state index in [0.29, 0.717) is 0 Å². The number of hydrogen-bond donors (Lipinski definition) is 4. The van der Waals surface area contributed by atoms with Crippen molar-refractivity contribution in [2.75, 3.05) is 45.8 Å². The second-order valence-corrected chi connectivity index (χ2v) is 12.0. The zero-order valence-electron chi connectivity index (χ0n) is 27.0. The number of rotatable bonds is 33. The Labute approximate surface area is 241 Å². The Hall–Kier alpha value is -0.160. The molecule has 0 aromatic heterocycles. The van der Waals surface area contributed by atoms with Crippen molar-refractivity contribution >= 4 is 0 Å². The van der Waals surface area contributed by atoms with Crippen molar-refractivity contribution in [3.05, 3.63) is 0 Å². The summed E-state index contributed by atoms with van der Waals surface area (Å²) in [6.45, 7) is 16.8. The van der Waals surface area contributed by atoms with E-state index in [2.05, 4.69) is 49.0 Å². The zero-order chi connectivity index (χ0) is 27.8. The van der Waals surface area contributed by atoms with E-state index in [4.69, 9.17) is 0 Å². The number of nitrogens with one attached hydrogen (secondary N) is 4. The minimum atomic E-state index is 0.263. The highest BCUT2D eigenvalue weighted by molar-refractivity contribution is 4.90. The summed E-state index contributed by atoms with van der Waals surface area (Å²) in [5.74, 6) is 0. The maximum absolute atomic E-state index is 4.10. The standard InChI is InChI=1S/C34H74N4/c1-5-9-11-13-15-17-19-21-23-25-34(33-37-28-8-4,38-32-31-36-30-29-35-27-7-3)26-24-22-20-18-16-14-12-10-6-2/h35-38H,5-33H2,1-4H3. The van der Waals surface area contributed by atoms with E-state index in [1.54, 1.807) is 0 Å². The Kier molecular flexibility index (Phi) is 31.2. The van der Waals surface area contributed by atoms with Crippen molar-refractivity contribution in [1.82, 2.24) is 21.3 Å². The molecule has 0 aromatic rings. The summed E-state index contributed by atoms with van der Waals surface area (Å²) in [7, 11) is 0. The van der Waals surface area contributed by atoms with Gasteiger partial charge >= 0.3 is 0 Å². The van der Waals surface area contributed by atoms with E-state index >= 15 is 0 Å². The van der Waals surface area contributed by atoms with Gasteiger partial charge in [0.1, 0.15) is 0 Å². The van der Waals surface area contributed by atoms with Gasteiger partial charge < -0.3 is 21.3 Å². The van der Waals surface area contributed by atoms with Crippen LogP contribution in [0.1, 0.15) is 169 Å². The molecule has 4 nitrogen and oxygen atoms in total. The molecule has 0 unspecified atom stereocenters. The molecule has 0 amide bonds. The van der Waals surface area contributed by atoms with Gasteiger partial charge in [0.25, 0.3) is 0 Å². The van der Waals surface area contributed by atoms with Crippen LogP contribution in [0.2, 0.25) is 0 Å². The van der Waals surface area contributed by atoms with Crippen LogP contribution in [0.4, 0.5) is 0 Å². The first-order valence-corrected chi connectivity index (χ1v) is 17.6. The summed E-state index contributed by atoms with van der Waals surface area (Å²) in [5.41, 5.74) is 0.263. The van der Waals surface area contributed by atoms with E-state index in [1.807, 2.05) is 0 Å². The summed E-state index contributed by atoms with van der Waals surface area (Å²) >= 11 is 0. The highest BCUT2D eigenvalue weighted by Gasteiger charge is 2.28. The van der Waals surface area contributed by atoms with E-state index in [0.717, 1.165) is 45.8 Å². The quantitative estimate of drug-likeness (QED) is 0.0631. The lowest BCUT2D eigenvalue weighted by Crippen LogP contribution is -2.54. The third kappa shape index (κ3) is 26.1. The van der Waals surface area contributed by atoms with Crippen LogP contribution in [0.3, 0.4) is 0 Å². The topological polar surface area (TPSA) is 48.1 Å². The van der Waals surface area contributed by atoms with Gasteiger partial charge in [0.15, 0.2) is 0 Å². The van der Waals surface area contributed by atoms with Crippen LogP contribution in [-0.2, 0) is 0 Å². The molecule has 0 aliphatic carbocycles. The Morgan fingerprint density at radius 2 is 0.711 bits per heavy atom. The Bertz CT molecular complexity index is 407. The SMILES string of the molecule is CCCCCCCCCCCC(CCCCCCCCCCC)(CNCCC)NCCNCCNCCC. The summed E-state index contributed by atoms with van der Waals surface area (Å²) in [6, 6.07) is 0. The van der Waals surface area contributed by atoms with Gasteiger partial charge in [0.05, 0.1) is 0 Å². The van der Waals surface area contributed by atoms with E-state index < -0.39 is 0 Å². The van der Waals surface area contributed by atoms with Gasteiger partial charge in [-0.25, -0.2) is 0 Å². The average molecular weight is 539 g/mol. The molecule has 0 rings (SSSR count). The van der Waals surface area contributed by atoms with Crippen LogP contribution in [0, 0.1) is 0 Å². The van der Waals surface area contributed by atoms with Crippen LogP contribution in [-0.4, -0.2) is 51.4 Å². The molecule has 0 atom stereocenters. The number of hydrogen-bond acceptors (Lipinski definition) is 4. The minimum Gasteiger partial charge on any atom is -0.315 e. The van der Waals surface area contributed by atoms with Gasteiger partial charge in [-0.3, -0.25) is 0 Å². The number of unbranched alkanes of at least 4 members (excludes halogenated alkanes) is 16. The zero-order valence-corrected chi connectivity index (χ0v) is 27.0. The summed E-state index contributed by atoms with van der Waals surface area (Å²) in [5, 5.41) is 15.1. The lowest BCUT2D eigenvalue weighted by atomic mass is 9.85. The molecule has 0 aliphatic rings. The van der Waals surface area contributed by atoms with Gasteiger partial charge in [-0.05, 0) is 38.8 Å². The fraction of sp³-hybridized carbons (Fsp3) is 1.00. The fourth-order valence-electron chi connectivity index (χ4n) is 5.61. The van der Waals surface area contributed by atoms with Crippen molar-refractivity contribution < 1.29 is 0 Å². The maximum Gasteiger partial charge on any atom is 0.0306 e.